The summed E-state index contributed by atoms with van der Waals surface area (Å²) < 4.78 is 0. The first-order valence-corrected chi connectivity index (χ1v) is 5.21. The van der Waals surface area contributed by atoms with Crippen LogP contribution < -0.4 is 0 Å². The van der Waals surface area contributed by atoms with Gasteiger partial charge in [0.05, 0.1) is 6.10 Å². The Morgan fingerprint density at radius 1 is 1.21 bits per heavy atom. The van der Waals surface area contributed by atoms with Crippen LogP contribution in [0.3, 0.4) is 0 Å². The van der Waals surface area contributed by atoms with Gasteiger partial charge in [-0.25, -0.2) is 0 Å². The van der Waals surface area contributed by atoms with Crippen molar-refractivity contribution >= 4 is 5.57 Å². The molecule has 74 valence electrons. The van der Waals surface area contributed by atoms with Crippen molar-refractivity contribution < 1.29 is 5.11 Å². The minimum Gasteiger partial charge on any atom is -0.389 e. The van der Waals surface area contributed by atoms with Gasteiger partial charge in [-0.05, 0) is 37.3 Å². The van der Waals surface area contributed by atoms with Crippen molar-refractivity contribution in [1.82, 2.24) is 0 Å². The molecule has 1 aliphatic carbocycles. The number of aliphatic hydroxyl groups excluding tert-OH is 1. The predicted octanol–water partition coefficient (Wildman–Crippen LogP) is 2.92. The first kappa shape index (κ1) is 9.47. The number of aliphatic hydroxyl groups is 1. The molecule has 1 heteroatoms. The fraction of sp³-hybridized carbons (Fsp3) is 0.385. The van der Waals surface area contributed by atoms with Crippen LogP contribution in [-0.4, -0.2) is 11.2 Å². The zero-order valence-corrected chi connectivity index (χ0v) is 8.53. The van der Waals surface area contributed by atoms with E-state index in [1.807, 2.05) is 6.08 Å². The van der Waals surface area contributed by atoms with Crippen LogP contribution in [0.2, 0.25) is 0 Å². The first-order valence-electron chi connectivity index (χ1n) is 5.21. The van der Waals surface area contributed by atoms with E-state index < -0.39 is 0 Å². The summed E-state index contributed by atoms with van der Waals surface area (Å²) >= 11 is 0. The summed E-state index contributed by atoms with van der Waals surface area (Å²) in [6.07, 6.45) is 4.87. The summed E-state index contributed by atoms with van der Waals surface area (Å²) in [6, 6.07) is 8.52. The van der Waals surface area contributed by atoms with Gasteiger partial charge < -0.3 is 5.11 Å². The quantitative estimate of drug-likeness (QED) is 0.718. The van der Waals surface area contributed by atoms with Gasteiger partial charge in [-0.15, -0.1) is 0 Å². The molecule has 1 atom stereocenters. The molecule has 1 aliphatic rings. The SMILES string of the molecule is Cc1ccc(C2=CC(O)CCC2)cc1. The van der Waals surface area contributed by atoms with Crippen molar-refractivity contribution in [2.75, 3.05) is 0 Å². The standard InChI is InChI=1S/C13H16O/c1-10-5-7-11(8-6-10)12-3-2-4-13(14)9-12/h5-9,13-14H,2-4H2,1H3. The number of hydrogen-bond donors (Lipinski definition) is 1. The van der Waals surface area contributed by atoms with E-state index in [-0.39, 0.29) is 6.10 Å². The molecule has 2 rings (SSSR count). The zero-order valence-electron chi connectivity index (χ0n) is 8.53. The van der Waals surface area contributed by atoms with Gasteiger partial charge in [0.25, 0.3) is 0 Å². The summed E-state index contributed by atoms with van der Waals surface area (Å²) in [7, 11) is 0. The van der Waals surface area contributed by atoms with Crippen molar-refractivity contribution in [3.8, 4) is 0 Å². The topological polar surface area (TPSA) is 20.2 Å². The fourth-order valence-electron chi connectivity index (χ4n) is 1.91. The van der Waals surface area contributed by atoms with Crippen LogP contribution in [0.15, 0.2) is 30.3 Å². The lowest BCUT2D eigenvalue weighted by Crippen LogP contribution is -2.08. The van der Waals surface area contributed by atoms with Gasteiger partial charge in [0, 0.05) is 0 Å². The van der Waals surface area contributed by atoms with Crippen LogP contribution in [0.25, 0.3) is 5.57 Å². The van der Waals surface area contributed by atoms with Crippen LogP contribution in [-0.2, 0) is 0 Å². The van der Waals surface area contributed by atoms with Crippen molar-refractivity contribution in [1.29, 1.82) is 0 Å². The monoisotopic (exact) mass is 188 g/mol. The Labute approximate surface area is 85.1 Å². The Morgan fingerprint density at radius 3 is 2.57 bits per heavy atom. The lowest BCUT2D eigenvalue weighted by atomic mass is 9.92. The molecule has 0 radical (unpaired) electrons. The van der Waals surface area contributed by atoms with Gasteiger partial charge >= 0.3 is 0 Å². The van der Waals surface area contributed by atoms with Gasteiger partial charge in [0.1, 0.15) is 0 Å². The molecule has 0 aliphatic heterocycles. The van der Waals surface area contributed by atoms with Crippen LogP contribution in [0.4, 0.5) is 0 Å². The molecule has 1 N–H and O–H groups in total. The first-order chi connectivity index (χ1) is 6.75. The van der Waals surface area contributed by atoms with Gasteiger partial charge in [-0.2, -0.15) is 0 Å². The maximum Gasteiger partial charge on any atom is 0.0726 e. The molecule has 1 nitrogen and oxygen atoms in total. The van der Waals surface area contributed by atoms with Crippen LogP contribution in [0, 0.1) is 6.92 Å². The van der Waals surface area contributed by atoms with E-state index in [0.717, 1.165) is 19.3 Å². The number of rotatable bonds is 1. The zero-order chi connectivity index (χ0) is 9.97. The molecule has 0 heterocycles. The Hall–Kier alpha value is -1.08. The van der Waals surface area contributed by atoms with E-state index in [1.165, 1.54) is 16.7 Å². The van der Waals surface area contributed by atoms with Gasteiger partial charge in [-0.1, -0.05) is 35.9 Å². The molecule has 0 spiro atoms. The van der Waals surface area contributed by atoms with E-state index in [4.69, 9.17) is 0 Å². The van der Waals surface area contributed by atoms with E-state index in [1.54, 1.807) is 0 Å². The Bertz CT molecular complexity index is 335. The molecule has 0 saturated heterocycles. The number of hydrogen-bond acceptors (Lipinski definition) is 1. The molecule has 0 aromatic heterocycles. The van der Waals surface area contributed by atoms with Crippen LogP contribution >= 0.6 is 0 Å². The Morgan fingerprint density at radius 2 is 1.93 bits per heavy atom. The third-order valence-corrected chi connectivity index (χ3v) is 2.76. The second-order valence-corrected chi connectivity index (χ2v) is 4.02. The average molecular weight is 188 g/mol. The lowest BCUT2D eigenvalue weighted by Gasteiger charge is -2.17. The second kappa shape index (κ2) is 3.97. The van der Waals surface area contributed by atoms with Gasteiger partial charge in [0.2, 0.25) is 0 Å². The molecule has 0 bridgehead atoms. The highest BCUT2D eigenvalue weighted by atomic mass is 16.3. The second-order valence-electron chi connectivity index (χ2n) is 4.02. The minimum atomic E-state index is -0.236. The maximum absolute atomic E-state index is 9.52. The van der Waals surface area contributed by atoms with Crippen molar-refractivity contribution in [3.05, 3.63) is 41.5 Å². The molecule has 1 unspecified atom stereocenters. The summed E-state index contributed by atoms with van der Waals surface area (Å²) in [5.41, 5.74) is 3.84. The van der Waals surface area contributed by atoms with E-state index in [2.05, 4.69) is 31.2 Å². The van der Waals surface area contributed by atoms with Crippen molar-refractivity contribution in [2.45, 2.75) is 32.3 Å². The normalized spacial score (nSPS) is 21.9. The molecular weight excluding hydrogens is 172 g/mol. The van der Waals surface area contributed by atoms with Crippen molar-refractivity contribution in [3.63, 3.8) is 0 Å². The molecule has 1 aromatic rings. The molecule has 1 aromatic carbocycles. The minimum absolute atomic E-state index is 0.236. The maximum atomic E-state index is 9.52. The average Bonchev–Trinajstić information content (AvgIpc) is 2.19. The van der Waals surface area contributed by atoms with Gasteiger partial charge in [0.15, 0.2) is 0 Å². The summed E-state index contributed by atoms with van der Waals surface area (Å²) in [5, 5.41) is 9.52. The summed E-state index contributed by atoms with van der Waals surface area (Å²) in [6.45, 7) is 2.09. The third kappa shape index (κ3) is 2.05. The number of benzene rings is 1. The van der Waals surface area contributed by atoms with E-state index in [9.17, 15) is 5.11 Å². The van der Waals surface area contributed by atoms with Crippen LogP contribution in [0.1, 0.15) is 30.4 Å². The highest BCUT2D eigenvalue weighted by Gasteiger charge is 2.11. The molecule has 14 heavy (non-hydrogen) atoms. The highest BCUT2D eigenvalue weighted by Crippen LogP contribution is 2.26. The summed E-state index contributed by atoms with van der Waals surface area (Å²) in [5.74, 6) is 0. The molecule has 0 amide bonds. The third-order valence-electron chi connectivity index (χ3n) is 2.76. The number of allylic oxidation sites excluding steroid dienone is 1. The Balaban J connectivity index is 2.26. The largest absolute Gasteiger partial charge is 0.389 e. The fourth-order valence-corrected chi connectivity index (χ4v) is 1.91. The Kier molecular flexibility index (Phi) is 2.69. The van der Waals surface area contributed by atoms with Crippen LogP contribution in [0.5, 0.6) is 0 Å². The molecule has 0 fully saturated rings. The van der Waals surface area contributed by atoms with Gasteiger partial charge in [-0.3, -0.25) is 0 Å². The smallest absolute Gasteiger partial charge is 0.0726 e. The highest BCUT2D eigenvalue weighted by molar-refractivity contribution is 5.66. The molecular formula is C13H16O. The van der Waals surface area contributed by atoms with E-state index >= 15 is 0 Å². The van der Waals surface area contributed by atoms with Crippen molar-refractivity contribution in [2.24, 2.45) is 0 Å². The lowest BCUT2D eigenvalue weighted by molar-refractivity contribution is 0.206. The predicted molar refractivity (Wildman–Crippen MR) is 59.0 cm³/mol. The number of aryl methyl sites for hydroxylation is 1. The summed E-state index contributed by atoms with van der Waals surface area (Å²) in [4.78, 5) is 0. The van der Waals surface area contributed by atoms with E-state index in [0.29, 0.717) is 0 Å². The molecule has 0 saturated carbocycles.